The van der Waals surface area contributed by atoms with Gasteiger partial charge in [-0.05, 0) is 49.1 Å². The first-order valence-corrected chi connectivity index (χ1v) is 7.77. The molecule has 0 unspecified atom stereocenters. The Balaban J connectivity index is 1.75. The maximum absolute atomic E-state index is 12.3. The third-order valence-electron chi connectivity index (χ3n) is 3.90. The summed E-state index contributed by atoms with van der Waals surface area (Å²) in [6.45, 7) is 6.46. The highest BCUT2D eigenvalue weighted by atomic mass is 16.5. The van der Waals surface area contributed by atoms with Crippen LogP contribution in [0, 0.1) is 20.8 Å². The van der Waals surface area contributed by atoms with E-state index >= 15 is 0 Å². The highest BCUT2D eigenvalue weighted by Crippen LogP contribution is 2.24. The third kappa shape index (κ3) is 3.51. The summed E-state index contributed by atoms with van der Waals surface area (Å²) in [4.78, 5) is 12.3. The summed E-state index contributed by atoms with van der Waals surface area (Å²) >= 11 is 0. The van der Waals surface area contributed by atoms with Crippen molar-refractivity contribution in [3.8, 4) is 5.75 Å². The molecule has 0 N–H and O–H groups in total. The maximum Gasteiger partial charge on any atom is 0.365 e. The summed E-state index contributed by atoms with van der Waals surface area (Å²) in [7, 11) is 0. The molecule has 5 nitrogen and oxygen atoms in total. The Morgan fingerprint density at radius 3 is 2.62 bits per heavy atom. The van der Waals surface area contributed by atoms with Gasteiger partial charge in [0.15, 0.2) is 5.69 Å². The van der Waals surface area contributed by atoms with Gasteiger partial charge in [0.05, 0.1) is 12.7 Å². The van der Waals surface area contributed by atoms with Crippen molar-refractivity contribution in [1.82, 2.24) is 15.0 Å². The first-order valence-electron chi connectivity index (χ1n) is 7.77. The van der Waals surface area contributed by atoms with Gasteiger partial charge in [-0.3, -0.25) is 0 Å². The zero-order valence-corrected chi connectivity index (χ0v) is 14.0. The average molecular weight is 321 g/mol. The lowest BCUT2D eigenvalue weighted by atomic mass is 10.1. The summed E-state index contributed by atoms with van der Waals surface area (Å²) in [5.74, 6) is 0.0671. The highest BCUT2D eigenvalue weighted by Gasteiger charge is 2.15. The van der Waals surface area contributed by atoms with Crippen molar-refractivity contribution in [2.75, 3.05) is 0 Å². The molecule has 5 heteroatoms. The molecule has 0 aliphatic carbocycles. The molecular weight excluding hydrogens is 302 g/mol. The van der Waals surface area contributed by atoms with Gasteiger partial charge < -0.3 is 4.74 Å². The summed E-state index contributed by atoms with van der Waals surface area (Å²) in [5, 5.41) is 7.92. The minimum Gasteiger partial charge on any atom is -0.421 e. The second-order valence-electron chi connectivity index (χ2n) is 5.88. The molecule has 0 aliphatic rings. The van der Waals surface area contributed by atoms with Crippen molar-refractivity contribution < 1.29 is 9.53 Å². The van der Waals surface area contributed by atoms with Crippen molar-refractivity contribution in [2.45, 2.75) is 27.3 Å². The summed E-state index contributed by atoms with van der Waals surface area (Å²) in [6, 6.07) is 13.8. The van der Waals surface area contributed by atoms with Crippen LogP contribution in [0.2, 0.25) is 0 Å². The monoisotopic (exact) mass is 321 g/mol. The minimum atomic E-state index is -0.498. The van der Waals surface area contributed by atoms with Gasteiger partial charge >= 0.3 is 5.97 Å². The van der Waals surface area contributed by atoms with Crippen molar-refractivity contribution in [3.05, 3.63) is 76.6 Å². The van der Waals surface area contributed by atoms with Crippen molar-refractivity contribution in [3.63, 3.8) is 0 Å². The maximum atomic E-state index is 12.3. The Hall–Kier alpha value is -2.95. The van der Waals surface area contributed by atoms with Crippen LogP contribution in [0.4, 0.5) is 0 Å². The zero-order chi connectivity index (χ0) is 17.1. The van der Waals surface area contributed by atoms with Gasteiger partial charge in [-0.1, -0.05) is 41.6 Å². The molecule has 0 aliphatic heterocycles. The minimum absolute atomic E-state index is 0.199. The van der Waals surface area contributed by atoms with Crippen LogP contribution in [0.25, 0.3) is 0 Å². The number of esters is 1. The number of benzene rings is 2. The molecule has 0 saturated carbocycles. The van der Waals surface area contributed by atoms with E-state index in [0.29, 0.717) is 12.3 Å². The van der Waals surface area contributed by atoms with E-state index in [-0.39, 0.29) is 5.69 Å². The van der Waals surface area contributed by atoms with E-state index < -0.39 is 5.97 Å². The topological polar surface area (TPSA) is 57.0 Å². The van der Waals surface area contributed by atoms with Crippen molar-refractivity contribution >= 4 is 5.97 Å². The molecule has 0 amide bonds. The van der Waals surface area contributed by atoms with Gasteiger partial charge in [-0.15, -0.1) is 5.10 Å². The number of aromatic nitrogens is 3. The molecule has 1 heterocycles. The number of hydrogen-bond donors (Lipinski definition) is 0. The Morgan fingerprint density at radius 2 is 1.88 bits per heavy atom. The van der Waals surface area contributed by atoms with E-state index in [1.807, 2.05) is 57.2 Å². The van der Waals surface area contributed by atoms with E-state index in [2.05, 4.69) is 16.4 Å². The van der Waals surface area contributed by atoms with Gasteiger partial charge in [-0.25, -0.2) is 9.48 Å². The quantitative estimate of drug-likeness (QED) is 0.545. The molecule has 122 valence electrons. The van der Waals surface area contributed by atoms with Crippen molar-refractivity contribution in [2.24, 2.45) is 0 Å². The highest BCUT2D eigenvalue weighted by molar-refractivity contribution is 5.88. The molecule has 3 rings (SSSR count). The van der Waals surface area contributed by atoms with Gasteiger partial charge in [0.2, 0.25) is 0 Å². The first kappa shape index (κ1) is 15.9. The molecule has 0 bridgehead atoms. The average Bonchev–Trinajstić information content (AvgIpc) is 3.01. The van der Waals surface area contributed by atoms with Gasteiger partial charge in [0.25, 0.3) is 0 Å². The lowest BCUT2D eigenvalue weighted by molar-refractivity contribution is 0.0727. The molecule has 0 spiro atoms. The largest absolute Gasteiger partial charge is 0.421 e. The Morgan fingerprint density at radius 1 is 1.12 bits per heavy atom. The normalized spacial score (nSPS) is 10.6. The fraction of sp³-hybridized carbons (Fsp3) is 0.211. The van der Waals surface area contributed by atoms with Gasteiger partial charge in [0.1, 0.15) is 5.75 Å². The van der Waals surface area contributed by atoms with Crippen molar-refractivity contribution in [1.29, 1.82) is 0 Å². The van der Waals surface area contributed by atoms with Crippen LogP contribution >= 0.6 is 0 Å². The molecule has 2 aromatic carbocycles. The molecule has 1 aromatic heterocycles. The van der Waals surface area contributed by atoms with Crippen LogP contribution in [-0.2, 0) is 6.54 Å². The van der Waals surface area contributed by atoms with E-state index in [0.717, 1.165) is 22.3 Å². The van der Waals surface area contributed by atoms with Gasteiger partial charge in [0, 0.05) is 0 Å². The number of rotatable bonds is 4. The predicted octanol–water partition coefficient (Wildman–Crippen LogP) is 3.47. The molecular formula is C19H19N3O2. The van der Waals surface area contributed by atoms with E-state index in [9.17, 15) is 4.79 Å². The Labute approximate surface area is 140 Å². The van der Waals surface area contributed by atoms with E-state index in [1.165, 1.54) is 0 Å². The van der Waals surface area contributed by atoms with E-state index in [1.54, 1.807) is 10.9 Å². The predicted molar refractivity (Wildman–Crippen MR) is 91.2 cm³/mol. The van der Waals surface area contributed by atoms with Gasteiger partial charge in [-0.2, -0.15) is 0 Å². The zero-order valence-electron chi connectivity index (χ0n) is 14.0. The molecule has 0 radical (unpaired) electrons. The number of carbonyl (C=O) groups excluding carboxylic acids is 1. The third-order valence-corrected chi connectivity index (χ3v) is 3.90. The Bertz CT molecular complexity index is 870. The van der Waals surface area contributed by atoms with Crippen LogP contribution in [0.15, 0.2) is 48.7 Å². The number of carbonyl (C=O) groups is 1. The van der Waals surface area contributed by atoms with E-state index in [4.69, 9.17) is 4.74 Å². The summed E-state index contributed by atoms with van der Waals surface area (Å²) in [5.41, 5.74) is 4.38. The van der Waals surface area contributed by atoms with Crippen LogP contribution in [0.5, 0.6) is 5.75 Å². The molecule has 24 heavy (non-hydrogen) atoms. The summed E-state index contributed by atoms with van der Waals surface area (Å²) in [6.07, 6.45) is 1.60. The smallest absolute Gasteiger partial charge is 0.365 e. The number of nitrogens with zero attached hydrogens (tertiary/aromatic N) is 3. The lowest BCUT2D eigenvalue weighted by Gasteiger charge is -2.09. The summed E-state index contributed by atoms with van der Waals surface area (Å²) < 4.78 is 7.13. The van der Waals surface area contributed by atoms with Crippen LogP contribution in [0.3, 0.4) is 0 Å². The fourth-order valence-corrected chi connectivity index (χ4v) is 2.50. The van der Waals surface area contributed by atoms with Crippen LogP contribution in [-0.4, -0.2) is 21.0 Å². The molecule has 0 atom stereocenters. The SMILES string of the molecule is Cc1cc(C)c(C)c(OC(=O)c2cn(Cc3ccccc3)nn2)c1. The number of hydrogen-bond acceptors (Lipinski definition) is 4. The molecule has 0 fully saturated rings. The lowest BCUT2D eigenvalue weighted by Crippen LogP contribution is -2.10. The standard InChI is InChI=1S/C19H19N3O2/c1-13-9-14(2)15(3)18(10-13)24-19(23)17-12-22(21-20-17)11-16-7-5-4-6-8-16/h4-10,12H,11H2,1-3H3. The first-order chi connectivity index (χ1) is 11.5. The van der Waals surface area contributed by atoms with Crippen LogP contribution < -0.4 is 4.74 Å². The second-order valence-corrected chi connectivity index (χ2v) is 5.88. The molecule has 0 saturated heterocycles. The number of aryl methyl sites for hydroxylation is 2. The second kappa shape index (κ2) is 6.66. The van der Waals surface area contributed by atoms with Crippen LogP contribution in [0.1, 0.15) is 32.7 Å². The number of ether oxygens (including phenoxy) is 1. The Kier molecular flexibility index (Phi) is 4.42. The fourth-order valence-electron chi connectivity index (χ4n) is 2.50. The molecule has 3 aromatic rings.